The lowest BCUT2D eigenvalue weighted by Gasteiger charge is -2.16. The molecule has 0 atom stereocenters. The molecular formula is C20H14F6N2O2. The molecule has 0 amide bonds. The molecule has 0 aliphatic rings. The maximum atomic E-state index is 13.0. The molecular weight excluding hydrogens is 414 g/mol. The van der Waals surface area contributed by atoms with Gasteiger partial charge in [-0.1, -0.05) is 6.07 Å². The number of ether oxygens (including phenoxy) is 1. The van der Waals surface area contributed by atoms with Gasteiger partial charge >= 0.3 is 18.3 Å². The van der Waals surface area contributed by atoms with Gasteiger partial charge in [0.15, 0.2) is 0 Å². The predicted octanol–water partition coefficient (Wildman–Crippen LogP) is 6.19. The van der Waals surface area contributed by atoms with E-state index in [0.29, 0.717) is 0 Å². The Hall–Kier alpha value is -3.30. The number of pyridine rings is 1. The highest BCUT2D eigenvalue weighted by molar-refractivity contribution is 6.06. The van der Waals surface area contributed by atoms with Gasteiger partial charge in [0.2, 0.25) is 0 Å². The highest BCUT2D eigenvalue weighted by Crippen LogP contribution is 2.36. The summed E-state index contributed by atoms with van der Waals surface area (Å²) in [6, 6.07) is 6.77. The highest BCUT2D eigenvalue weighted by atomic mass is 19.4. The lowest BCUT2D eigenvalue weighted by atomic mass is 10.1. The predicted molar refractivity (Wildman–Crippen MR) is 97.4 cm³/mol. The second kappa shape index (κ2) is 7.85. The van der Waals surface area contributed by atoms with Gasteiger partial charge in [0.25, 0.3) is 0 Å². The van der Waals surface area contributed by atoms with Crippen molar-refractivity contribution in [3.63, 3.8) is 0 Å². The van der Waals surface area contributed by atoms with E-state index in [9.17, 15) is 31.1 Å². The lowest BCUT2D eigenvalue weighted by molar-refractivity contribution is -0.138. The molecule has 0 unspecified atom stereocenters. The number of aromatic nitrogens is 1. The molecule has 0 bridgehead atoms. The third-order valence-corrected chi connectivity index (χ3v) is 4.17. The number of esters is 1. The van der Waals surface area contributed by atoms with Crippen LogP contribution in [0.3, 0.4) is 0 Å². The van der Waals surface area contributed by atoms with E-state index in [0.717, 1.165) is 48.7 Å². The SMILES string of the molecule is CCOC(=O)c1cnc2cc(C(F)(F)F)ccc2c1Nc1ccc(C(F)(F)F)cc1. The normalized spacial score (nSPS) is 12.1. The number of carbonyl (C=O) groups excluding carboxylic acids is 1. The Morgan fingerprint density at radius 2 is 1.57 bits per heavy atom. The number of halogens is 6. The number of nitrogens with one attached hydrogen (secondary N) is 1. The molecule has 3 aromatic rings. The van der Waals surface area contributed by atoms with Gasteiger partial charge < -0.3 is 10.1 Å². The van der Waals surface area contributed by atoms with Gasteiger partial charge in [-0.05, 0) is 43.3 Å². The smallest absolute Gasteiger partial charge is 0.416 e. The zero-order valence-electron chi connectivity index (χ0n) is 15.4. The maximum Gasteiger partial charge on any atom is 0.416 e. The molecule has 4 nitrogen and oxygen atoms in total. The molecule has 1 N–H and O–H groups in total. The van der Waals surface area contributed by atoms with E-state index in [4.69, 9.17) is 4.74 Å². The third kappa shape index (κ3) is 4.47. The Labute approximate surface area is 166 Å². The Balaban J connectivity index is 2.11. The minimum absolute atomic E-state index is 0.0452. The number of benzene rings is 2. The molecule has 0 spiro atoms. The van der Waals surface area contributed by atoms with Crippen molar-refractivity contribution in [1.29, 1.82) is 0 Å². The standard InChI is InChI=1S/C20H14F6N2O2/c1-2-30-18(29)15-10-27-16-9-12(20(24,25)26)5-8-14(16)17(15)28-13-6-3-11(4-7-13)19(21,22)23/h3-10H,2H2,1H3,(H,27,28). The van der Waals surface area contributed by atoms with Gasteiger partial charge in [0, 0.05) is 17.3 Å². The molecule has 0 radical (unpaired) electrons. The Morgan fingerprint density at radius 3 is 2.13 bits per heavy atom. The van der Waals surface area contributed by atoms with Crippen LogP contribution in [0.15, 0.2) is 48.7 Å². The van der Waals surface area contributed by atoms with Crippen LogP contribution in [0.4, 0.5) is 37.7 Å². The van der Waals surface area contributed by atoms with Crippen LogP contribution in [0.1, 0.15) is 28.4 Å². The number of alkyl halides is 6. The van der Waals surface area contributed by atoms with E-state index < -0.39 is 29.4 Å². The van der Waals surface area contributed by atoms with Crippen LogP contribution < -0.4 is 5.32 Å². The summed E-state index contributed by atoms with van der Waals surface area (Å²) in [7, 11) is 0. The summed E-state index contributed by atoms with van der Waals surface area (Å²) >= 11 is 0. The van der Waals surface area contributed by atoms with Gasteiger partial charge in [-0.15, -0.1) is 0 Å². The average molecular weight is 428 g/mol. The van der Waals surface area contributed by atoms with E-state index in [1.54, 1.807) is 6.92 Å². The number of hydrogen-bond acceptors (Lipinski definition) is 4. The fourth-order valence-corrected chi connectivity index (χ4v) is 2.76. The lowest BCUT2D eigenvalue weighted by Crippen LogP contribution is -2.10. The highest BCUT2D eigenvalue weighted by Gasteiger charge is 2.31. The molecule has 0 saturated heterocycles. The minimum atomic E-state index is -4.59. The molecule has 1 aromatic heterocycles. The largest absolute Gasteiger partial charge is 0.462 e. The summed E-state index contributed by atoms with van der Waals surface area (Å²) in [5, 5.41) is 2.98. The number of rotatable bonds is 4. The number of fused-ring (bicyclic) bond motifs is 1. The second-order valence-electron chi connectivity index (χ2n) is 6.20. The van der Waals surface area contributed by atoms with Crippen LogP contribution in [-0.2, 0) is 17.1 Å². The molecule has 0 saturated carbocycles. The quantitative estimate of drug-likeness (QED) is 0.398. The van der Waals surface area contributed by atoms with Crippen LogP contribution in [0.25, 0.3) is 10.9 Å². The van der Waals surface area contributed by atoms with E-state index in [1.807, 2.05) is 0 Å². The summed E-state index contributed by atoms with van der Waals surface area (Å²) in [5.74, 6) is -0.777. The first-order valence-corrected chi connectivity index (χ1v) is 8.62. The van der Waals surface area contributed by atoms with Gasteiger partial charge in [0.05, 0.1) is 28.9 Å². The number of anilines is 2. The molecule has 1 heterocycles. The monoisotopic (exact) mass is 428 g/mol. The first-order chi connectivity index (χ1) is 14.0. The average Bonchev–Trinajstić information content (AvgIpc) is 2.67. The summed E-state index contributed by atoms with van der Waals surface area (Å²) in [5.41, 5.74) is -1.64. The van der Waals surface area contributed by atoms with Crippen molar-refractivity contribution in [3.8, 4) is 0 Å². The number of nitrogens with zero attached hydrogens (tertiary/aromatic N) is 1. The van der Waals surface area contributed by atoms with Crippen LogP contribution in [-0.4, -0.2) is 17.6 Å². The Bertz CT molecular complexity index is 1080. The first kappa shape index (κ1) is 21.4. The molecule has 3 rings (SSSR count). The van der Waals surface area contributed by atoms with Crippen LogP contribution in [0, 0.1) is 0 Å². The molecule has 0 fully saturated rings. The zero-order chi connectivity index (χ0) is 22.1. The maximum absolute atomic E-state index is 13.0. The molecule has 2 aromatic carbocycles. The van der Waals surface area contributed by atoms with E-state index in [1.165, 1.54) is 0 Å². The van der Waals surface area contributed by atoms with Crippen LogP contribution in [0.2, 0.25) is 0 Å². The summed E-state index contributed by atoms with van der Waals surface area (Å²) in [6.45, 7) is 1.62. The summed E-state index contributed by atoms with van der Waals surface area (Å²) in [6.07, 6.45) is -8.05. The van der Waals surface area contributed by atoms with E-state index in [-0.39, 0.29) is 34.4 Å². The van der Waals surface area contributed by atoms with Crippen molar-refractivity contribution < 1.29 is 35.9 Å². The number of carbonyl (C=O) groups is 1. The Morgan fingerprint density at radius 1 is 0.967 bits per heavy atom. The van der Waals surface area contributed by atoms with Gasteiger partial charge in [-0.2, -0.15) is 26.3 Å². The topological polar surface area (TPSA) is 51.2 Å². The second-order valence-corrected chi connectivity index (χ2v) is 6.20. The zero-order valence-corrected chi connectivity index (χ0v) is 15.4. The summed E-state index contributed by atoms with van der Waals surface area (Å²) < 4.78 is 82.2. The minimum Gasteiger partial charge on any atom is -0.462 e. The third-order valence-electron chi connectivity index (χ3n) is 4.17. The molecule has 0 aliphatic carbocycles. The molecule has 30 heavy (non-hydrogen) atoms. The van der Waals surface area contributed by atoms with Crippen LogP contribution in [0.5, 0.6) is 0 Å². The fourth-order valence-electron chi connectivity index (χ4n) is 2.76. The van der Waals surface area contributed by atoms with Crippen molar-refractivity contribution >= 4 is 28.2 Å². The fraction of sp³-hybridized carbons (Fsp3) is 0.200. The van der Waals surface area contributed by atoms with Crippen molar-refractivity contribution in [1.82, 2.24) is 4.98 Å². The first-order valence-electron chi connectivity index (χ1n) is 8.62. The Kier molecular flexibility index (Phi) is 5.60. The van der Waals surface area contributed by atoms with Crippen molar-refractivity contribution in [2.45, 2.75) is 19.3 Å². The van der Waals surface area contributed by atoms with Crippen LogP contribution >= 0.6 is 0 Å². The van der Waals surface area contributed by atoms with Crippen molar-refractivity contribution in [2.24, 2.45) is 0 Å². The van der Waals surface area contributed by atoms with Crippen molar-refractivity contribution in [3.05, 3.63) is 65.4 Å². The molecule has 10 heteroatoms. The molecule has 0 aliphatic heterocycles. The van der Waals surface area contributed by atoms with Crippen molar-refractivity contribution in [2.75, 3.05) is 11.9 Å². The van der Waals surface area contributed by atoms with E-state index >= 15 is 0 Å². The van der Waals surface area contributed by atoms with E-state index in [2.05, 4.69) is 10.3 Å². The van der Waals surface area contributed by atoms with Gasteiger partial charge in [-0.3, -0.25) is 4.98 Å². The van der Waals surface area contributed by atoms with Gasteiger partial charge in [0.1, 0.15) is 5.56 Å². The van der Waals surface area contributed by atoms with Gasteiger partial charge in [-0.25, -0.2) is 4.79 Å². The summed E-state index contributed by atoms with van der Waals surface area (Å²) in [4.78, 5) is 16.2. The molecule has 158 valence electrons. The number of hydrogen-bond donors (Lipinski definition) is 1.